The fraction of sp³-hybridized carbons (Fsp3) is 0.667. The van der Waals surface area contributed by atoms with Crippen molar-refractivity contribution >= 4 is 21.9 Å². The summed E-state index contributed by atoms with van der Waals surface area (Å²) < 4.78 is 31.7. The van der Waals surface area contributed by atoms with E-state index in [1.165, 1.54) is 4.31 Å². The summed E-state index contributed by atoms with van der Waals surface area (Å²) in [6.45, 7) is 4.86. The van der Waals surface area contributed by atoms with E-state index in [1.54, 1.807) is 18.5 Å². The van der Waals surface area contributed by atoms with Crippen molar-refractivity contribution in [2.24, 2.45) is 0 Å². The molecular weight excluding hydrogens is 346 g/mol. The highest BCUT2D eigenvalue weighted by Gasteiger charge is 2.30. The van der Waals surface area contributed by atoms with Crippen molar-refractivity contribution in [3.05, 3.63) is 18.5 Å². The fourth-order valence-electron chi connectivity index (χ4n) is 2.57. The van der Waals surface area contributed by atoms with Gasteiger partial charge in [-0.1, -0.05) is 0 Å². The predicted octanol–water partition coefficient (Wildman–Crippen LogP) is -0.166. The second kappa shape index (κ2) is 9.07. The number of nitrogens with zero attached hydrogens (tertiary/aromatic N) is 3. The van der Waals surface area contributed by atoms with Crippen LogP contribution in [-0.4, -0.2) is 72.7 Å². The number of amides is 1. The van der Waals surface area contributed by atoms with Gasteiger partial charge in [-0.25, -0.2) is 18.4 Å². The van der Waals surface area contributed by atoms with Gasteiger partial charge in [0.2, 0.25) is 21.9 Å². The minimum absolute atomic E-state index is 0.0864. The van der Waals surface area contributed by atoms with E-state index in [1.807, 2.05) is 13.8 Å². The molecule has 0 aliphatic carbocycles. The molecule has 0 spiro atoms. The van der Waals surface area contributed by atoms with Crippen molar-refractivity contribution in [2.75, 3.05) is 37.2 Å². The minimum atomic E-state index is -3.41. The molecule has 0 aromatic carbocycles. The van der Waals surface area contributed by atoms with Crippen LogP contribution in [0.15, 0.2) is 18.5 Å². The maximum absolute atomic E-state index is 12.3. The van der Waals surface area contributed by atoms with Crippen LogP contribution < -0.4 is 10.6 Å². The summed E-state index contributed by atoms with van der Waals surface area (Å²) in [6.07, 6.45) is 3.17. The highest BCUT2D eigenvalue weighted by atomic mass is 32.2. The Labute approximate surface area is 148 Å². The third kappa shape index (κ3) is 6.56. The van der Waals surface area contributed by atoms with E-state index in [-0.39, 0.29) is 36.8 Å². The van der Waals surface area contributed by atoms with Crippen molar-refractivity contribution in [3.63, 3.8) is 0 Å². The van der Waals surface area contributed by atoms with Crippen LogP contribution in [0.4, 0.5) is 5.95 Å². The van der Waals surface area contributed by atoms with Gasteiger partial charge in [-0.2, -0.15) is 4.31 Å². The predicted molar refractivity (Wildman–Crippen MR) is 93.5 cm³/mol. The Bertz CT molecular complexity index is 645. The van der Waals surface area contributed by atoms with E-state index in [2.05, 4.69) is 20.6 Å². The Kier molecular flexibility index (Phi) is 7.09. The summed E-state index contributed by atoms with van der Waals surface area (Å²) >= 11 is 0. The topological polar surface area (TPSA) is 114 Å². The molecule has 9 nitrogen and oxygen atoms in total. The van der Waals surface area contributed by atoms with Gasteiger partial charge in [0.25, 0.3) is 0 Å². The molecule has 1 aromatic heterocycles. The number of carbonyl (C=O) groups is 1. The van der Waals surface area contributed by atoms with Gasteiger partial charge in [0.05, 0.1) is 18.0 Å². The van der Waals surface area contributed by atoms with Gasteiger partial charge in [-0.05, 0) is 19.9 Å². The number of nitrogens with one attached hydrogen (secondary N) is 2. The van der Waals surface area contributed by atoms with Gasteiger partial charge in [-0.15, -0.1) is 0 Å². The largest absolute Gasteiger partial charge is 0.373 e. The summed E-state index contributed by atoms with van der Waals surface area (Å²) in [5.41, 5.74) is 0. The number of carbonyl (C=O) groups excluding carboxylic acids is 1. The number of sulfonamides is 1. The zero-order valence-corrected chi connectivity index (χ0v) is 15.3. The molecule has 0 saturated carbocycles. The second-order valence-electron chi connectivity index (χ2n) is 5.99. The number of hydrogen-bond acceptors (Lipinski definition) is 7. The molecule has 2 rings (SSSR count). The van der Waals surface area contributed by atoms with Crippen molar-refractivity contribution < 1.29 is 17.9 Å². The molecule has 2 N–H and O–H groups in total. The monoisotopic (exact) mass is 371 g/mol. The molecule has 140 valence electrons. The lowest BCUT2D eigenvalue weighted by molar-refractivity contribution is -0.120. The van der Waals surface area contributed by atoms with Crippen LogP contribution in [0, 0.1) is 0 Å². The van der Waals surface area contributed by atoms with E-state index in [4.69, 9.17) is 4.74 Å². The molecule has 1 aliphatic heterocycles. The van der Waals surface area contributed by atoms with Crippen LogP contribution in [0.1, 0.15) is 20.3 Å². The Morgan fingerprint density at radius 1 is 1.24 bits per heavy atom. The smallest absolute Gasteiger partial charge is 0.222 e. The average molecular weight is 371 g/mol. The quantitative estimate of drug-likeness (QED) is 0.652. The SMILES string of the molecule is CC1CN(S(=O)(=O)CCNC(=O)CCNc2ncccn2)CC(C)O1. The summed E-state index contributed by atoms with van der Waals surface area (Å²) in [4.78, 5) is 19.7. The second-order valence-corrected chi connectivity index (χ2v) is 8.08. The first-order valence-electron chi connectivity index (χ1n) is 8.27. The summed E-state index contributed by atoms with van der Waals surface area (Å²) in [7, 11) is -3.41. The normalized spacial score (nSPS) is 21.7. The molecule has 0 radical (unpaired) electrons. The summed E-state index contributed by atoms with van der Waals surface area (Å²) in [5, 5.41) is 5.55. The van der Waals surface area contributed by atoms with Crippen molar-refractivity contribution in [1.29, 1.82) is 0 Å². The molecular formula is C15H25N5O4S. The van der Waals surface area contributed by atoms with Crippen LogP contribution in [0.25, 0.3) is 0 Å². The van der Waals surface area contributed by atoms with Crippen LogP contribution >= 0.6 is 0 Å². The van der Waals surface area contributed by atoms with Crippen LogP contribution in [0.3, 0.4) is 0 Å². The minimum Gasteiger partial charge on any atom is -0.373 e. The van der Waals surface area contributed by atoms with Gasteiger partial charge >= 0.3 is 0 Å². The number of anilines is 1. The molecule has 10 heteroatoms. The lowest BCUT2D eigenvalue weighted by atomic mass is 10.3. The maximum Gasteiger partial charge on any atom is 0.222 e. The first-order valence-corrected chi connectivity index (χ1v) is 9.88. The van der Waals surface area contributed by atoms with Crippen molar-refractivity contribution in [3.8, 4) is 0 Å². The number of aromatic nitrogens is 2. The van der Waals surface area contributed by atoms with E-state index in [0.717, 1.165) is 0 Å². The molecule has 1 amide bonds. The van der Waals surface area contributed by atoms with Crippen LogP contribution in [0.5, 0.6) is 0 Å². The highest BCUT2D eigenvalue weighted by molar-refractivity contribution is 7.89. The number of morpholine rings is 1. The third-order valence-corrected chi connectivity index (χ3v) is 5.47. The van der Waals surface area contributed by atoms with Gasteiger partial charge < -0.3 is 15.4 Å². The molecule has 1 fully saturated rings. The number of hydrogen-bond donors (Lipinski definition) is 2. The van der Waals surface area contributed by atoms with E-state index in [0.29, 0.717) is 25.6 Å². The Hall–Kier alpha value is -1.78. The molecule has 0 bridgehead atoms. The van der Waals surface area contributed by atoms with E-state index >= 15 is 0 Å². The molecule has 1 aliphatic rings. The van der Waals surface area contributed by atoms with Gasteiger partial charge in [-0.3, -0.25) is 4.79 Å². The third-order valence-electron chi connectivity index (χ3n) is 3.66. The summed E-state index contributed by atoms with van der Waals surface area (Å²) in [6, 6.07) is 1.70. The van der Waals surface area contributed by atoms with Gasteiger partial charge in [0.1, 0.15) is 0 Å². The first-order chi connectivity index (χ1) is 11.9. The zero-order chi connectivity index (χ0) is 18.3. The molecule has 1 saturated heterocycles. The average Bonchev–Trinajstić information content (AvgIpc) is 2.55. The molecule has 1 aromatic rings. The van der Waals surface area contributed by atoms with E-state index in [9.17, 15) is 13.2 Å². The zero-order valence-electron chi connectivity index (χ0n) is 14.5. The molecule has 2 heterocycles. The van der Waals surface area contributed by atoms with E-state index < -0.39 is 10.0 Å². The summed E-state index contributed by atoms with van der Waals surface area (Å²) in [5.74, 6) is 0.115. The Balaban J connectivity index is 1.67. The standard InChI is InChI=1S/C15H25N5O4S/c1-12-10-20(11-13(2)24-12)25(22,23)9-8-16-14(21)4-7-19-15-17-5-3-6-18-15/h3,5-6,12-13H,4,7-11H2,1-2H3,(H,16,21)(H,17,18,19). The first kappa shape index (κ1) is 19.5. The number of ether oxygens (including phenoxy) is 1. The Morgan fingerprint density at radius 2 is 1.88 bits per heavy atom. The molecule has 25 heavy (non-hydrogen) atoms. The molecule has 2 unspecified atom stereocenters. The lowest BCUT2D eigenvalue weighted by Crippen LogP contribution is -2.49. The molecule has 2 atom stereocenters. The van der Waals surface area contributed by atoms with Gasteiger partial charge in [0.15, 0.2) is 0 Å². The maximum atomic E-state index is 12.3. The van der Waals surface area contributed by atoms with Crippen LogP contribution in [0.2, 0.25) is 0 Å². The van der Waals surface area contributed by atoms with Crippen molar-refractivity contribution in [2.45, 2.75) is 32.5 Å². The van der Waals surface area contributed by atoms with Crippen molar-refractivity contribution in [1.82, 2.24) is 19.6 Å². The number of rotatable bonds is 8. The lowest BCUT2D eigenvalue weighted by Gasteiger charge is -2.34. The Morgan fingerprint density at radius 3 is 2.52 bits per heavy atom. The van der Waals surface area contributed by atoms with Crippen LogP contribution in [-0.2, 0) is 19.6 Å². The highest BCUT2D eigenvalue weighted by Crippen LogP contribution is 2.14. The fourth-order valence-corrected chi connectivity index (χ4v) is 4.07. The van der Waals surface area contributed by atoms with Gasteiger partial charge in [0, 0.05) is 45.0 Å².